The number of carbonyl (C=O) groups is 1. The van der Waals surface area contributed by atoms with Gasteiger partial charge < -0.3 is 5.32 Å². The number of anilines is 1. The lowest BCUT2D eigenvalue weighted by Crippen LogP contribution is -2.04. The normalized spacial score (nSPS) is 14.5. The molecule has 1 aliphatic rings. The van der Waals surface area contributed by atoms with Gasteiger partial charge >= 0.3 is 0 Å². The number of amides is 1. The number of pyridine rings is 1. The van der Waals surface area contributed by atoms with Crippen LogP contribution in [0.3, 0.4) is 0 Å². The molecule has 0 saturated heterocycles. The average Bonchev–Trinajstić information content (AvgIpc) is 2.27. The van der Waals surface area contributed by atoms with Gasteiger partial charge in [-0.15, -0.1) is 0 Å². The number of halogens is 1. The third-order valence-corrected chi connectivity index (χ3v) is 2.00. The summed E-state index contributed by atoms with van der Waals surface area (Å²) in [5.41, 5.74) is 0.971. The lowest BCUT2D eigenvalue weighted by Gasteiger charge is -1.95. The number of aromatic nitrogens is 1. The Balaban J connectivity index is 2.51. The van der Waals surface area contributed by atoms with E-state index >= 15 is 0 Å². The fourth-order valence-corrected chi connectivity index (χ4v) is 1.37. The van der Waals surface area contributed by atoms with Crippen LogP contribution in [0.15, 0.2) is 16.7 Å². The molecule has 2 heterocycles. The number of nitrogens with one attached hydrogen (secondary N) is 1. The van der Waals surface area contributed by atoms with Gasteiger partial charge in [-0.2, -0.15) is 0 Å². The first-order valence-electron chi connectivity index (χ1n) is 3.21. The van der Waals surface area contributed by atoms with Crippen molar-refractivity contribution in [3.63, 3.8) is 0 Å². The first kappa shape index (κ1) is 6.79. The molecule has 0 saturated carbocycles. The number of rotatable bonds is 0. The fourth-order valence-electron chi connectivity index (χ4n) is 1.06. The molecule has 1 aliphatic heterocycles. The van der Waals surface area contributed by atoms with Crippen LogP contribution in [0.2, 0.25) is 0 Å². The van der Waals surface area contributed by atoms with Gasteiger partial charge in [-0.25, -0.2) is 4.98 Å². The van der Waals surface area contributed by atoms with Crippen LogP contribution >= 0.6 is 15.9 Å². The standard InChI is InChI=1S/C7H5BrN2O/c8-5-2-1-4-3-6(11)10-7(4)9-5/h1-2H,3H2,(H,9,10,11). The third kappa shape index (κ3) is 1.14. The molecule has 0 aromatic carbocycles. The molecule has 56 valence electrons. The van der Waals surface area contributed by atoms with Gasteiger partial charge in [0.05, 0.1) is 6.42 Å². The summed E-state index contributed by atoms with van der Waals surface area (Å²) in [5.74, 6) is 0.704. The van der Waals surface area contributed by atoms with Crippen molar-refractivity contribution in [2.24, 2.45) is 0 Å². The van der Waals surface area contributed by atoms with Crippen LogP contribution in [0, 0.1) is 0 Å². The van der Waals surface area contributed by atoms with E-state index in [2.05, 4.69) is 26.2 Å². The second-order valence-corrected chi connectivity index (χ2v) is 3.18. The SMILES string of the molecule is O=C1Cc2ccc(Br)nc2N1. The minimum Gasteiger partial charge on any atom is -0.310 e. The first-order valence-corrected chi connectivity index (χ1v) is 4.00. The van der Waals surface area contributed by atoms with Crippen molar-refractivity contribution < 1.29 is 4.79 Å². The van der Waals surface area contributed by atoms with E-state index in [0.717, 1.165) is 10.2 Å². The van der Waals surface area contributed by atoms with Crippen LogP contribution in [0.4, 0.5) is 5.82 Å². The number of hydrogen-bond donors (Lipinski definition) is 1. The van der Waals surface area contributed by atoms with E-state index in [0.29, 0.717) is 12.2 Å². The van der Waals surface area contributed by atoms with Crippen LogP contribution in [-0.2, 0) is 11.2 Å². The topological polar surface area (TPSA) is 42.0 Å². The summed E-state index contributed by atoms with van der Waals surface area (Å²) in [6, 6.07) is 3.73. The van der Waals surface area contributed by atoms with Gasteiger partial charge in [0.15, 0.2) is 0 Å². The Bertz CT molecular complexity index is 324. The second-order valence-electron chi connectivity index (χ2n) is 2.37. The minimum atomic E-state index is 0.0191. The minimum absolute atomic E-state index is 0.0191. The lowest BCUT2D eigenvalue weighted by atomic mass is 10.2. The van der Waals surface area contributed by atoms with E-state index < -0.39 is 0 Å². The van der Waals surface area contributed by atoms with Crippen molar-refractivity contribution in [1.29, 1.82) is 0 Å². The molecule has 1 aromatic heterocycles. The molecule has 0 unspecified atom stereocenters. The van der Waals surface area contributed by atoms with Crippen molar-refractivity contribution in [2.75, 3.05) is 5.32 Å². The molecule has 4 heteroatoms. The van der Waals surface area contributed by atoms with Gasteiger partial charge in [-0.1, -0.05) is 6.07 Å². The Kier molecular flexibility index (Phi) is 1.42. The molecule has 0 atom stereocenters. The summed E-state index contributed by atoms with van der Waals surface area (Å²) in [4.78, 5) is 14.9. The highest BCUT2D eigenvalue weighted by Crippen LogP contribution is 2.22. The molecule has 11 heavy (non-hydrogen) atoms. The molecule has 0 aliphatic carbocycles. The summed E-state index contributed by atoms with van der Waals surface area (Å²) in [6.45, 7) is 0. The zero-order chi connectivity index (χ0) is 7.84. The van der Waals surface area contributed by atoms with E-state index in [1.165, 1.54) is 0 Å². The fraction of sp³-hybridized carbons (Fsp3) is 0.143. The van der Waals surface area contributed by atoms with Crippen molar-refractivity contribution in [3.8, 4) is 0 Å². The quantitative estimate of drug-likeness (QED) is 0.660. The summed E-state index contributed by atoms with van der Waals surface area (Å²) >= 11 is 3.22. The van der Waals surface area contributed by atoms with Crippen LogP contribution in [-0.4, -0.2) is 10.9 Å². The molecule has 0 spiro atoms. The van der Waals surface area contributed by atoms with Crippen LogP contribution < -0.4 is 5.32 Å². The zero-order valence-corrected chi connectivity index (χ0v) is 7.18. The Morgan fingerprint density at radius 1 is 1.55 bits per heavy atom. The molecule has 0 bridgehead atoms. The summed E-state index contributed by atoms with van der Waals surface area (Å²) in [6.07, 6.45) is 0.454. The number of fused-ring (bicyclic) bond motifs is 1. The van der Waals surface area contributed by atoms with E-state index in [4.69, 9.17) is 0 Å². The van der Waals surface area contributed by atoms with Gasteiger partial charge in [0, 0.05) is 5.56 Å². The average molecular weight is 213 g/mol. The smallest absolute Gasteiger partial charge is 0.230 e. The largest absolute Gasteiger partial charge is 0.310 e. The van der Waals surface area contributed by atoms with E-state index in [-0.39, 0.29) is 5.91 Å². The molecule has 1 N–H and O–H groups in total. The molecular weight excluding hydrogens is 208 g/mol. The summed E-state index contributed by atoms with van der Waals surface area (Å²) in [5, 5.41) is 2.66. The van der Waals surface area contributed by atoms with Crippen molar-refractivity contribution in [2.45, 2.75) is 6.42 Å². The zero-order valence-electron chi connectivity index (χ0n) is 5.60. The van der Waals surface area contributed by atoms with Crippen molar-refractivity contribution in [1.82, 2.24) is 4.98 Å². The molecular formula is C7H5BrN2O. The monoisotopic (exact) mass is 212 g/mol. The number of hydrogen-bond acceptors (Lipinski definition) is 2. The van der Waals surface area contributed by atoms with Crippen LogP contribution in [0.1, 0.15) is 5.56 Å². The van der Waals surface area contributed by atoms with E-state index in [9.17, 15) is 4.79 Å². The second kappa shape index (κ2) is 2.30. The summed E-state index contributed by atoms with van der Waals surface area (Å²) in [7, 11) is 0. The van der Waals surface area contributed by atoms with Gasteiger partial charge in [0.1, 0.15) is 10.4 Å². The Morgan fingerprint density at radius 3 is 3.18 bits per heavy atom. The van der Waals surface area contributed by atoms with Gasteiger partial charge in [0.2, 0.25) is 5.91 Å². The maximum absolute atomic E-state index is 10.8. The maximum atomic E-state index is 10.8. The van der Waals surface area contributed by atoms with Crippen molar-refractivity contribution >= 4 is 27.7 Å². The van der Waals surface area contributed by atoms with E-state index in [1.807, 2.05) is 12.1 Å². The predicted molar refractivity (Wildman–Crippen MR) is 44.3 cm³/mol. The first-order chi connectivity index (χ1) is 5.25. The predicted octanol–water partition coefficient (Wildman–Crippen LogP) is 1.34. The molecule has 1 amide bonds. The maximum Gasteiger partial charge on any atom is 0.230 e. The van der Waals surface area contributed by atoms with Gasteiger partial charge in [0.25, 0.3) is 0 Å². The number of nitrogens with zero attached hydrogens (tertiary/aromatic N) is 1. The molecule has 0 fully saturated rings. The Morgan fingerprint density at radius 2 is 2.36 bits per heavy atom. The van der Waals surface area contributed by atoms with Crippen LogP contribution in [0.25, 0.3) is 0 Å². The highest BCUT2D eigenvalue weighted by molar-refractivity contribution is 9.10. The Hall–Kier alpha value is -0.900. The van der Waals surface area contributed by atoms with Crippen LogP contribution in [0.5, 0.6) is 0 Å². The summed E-state index contributed by atoms with van der Waals surface area (Å²) < 4.78 is 0.749. The molecule has 0 radical (unpaired) electrons. The highest BCUT2D eigenvalue weighted by Gasteiger charge is 2.18. The molecule has 2 rings (SSSR count). The van der Waals surface area contributed by atoms with E-state index in [1.54, 1.807) is 0 Å². The highest BCUT2D eigenvalue weighted by atomic mass is 79.9. The molecule has 3 nitrogen and oxygen atoms in total. The molecule has 1 aromatic rings. The van der Waals surface area contributed by atoms with Gasteiger partial charge in [-0.05, 0) is 22.0 Å². The lowest BCUT2D eigenvalue weighted by molar-refractivity contribution is -0.115. The van der Waals surface area contributed by atoms with Crippen molar-refractivity contribution in [3.05, 3.63) is 22.3 Å². The third-order valence-electron chi connectivity index (χ3n) is 1.55. The van der Waals surface area contributed by atoms with Gasteiger partial charge in [-0.3, -0.25) is 4.79 Å². The Labute approximate surface area is 72.0 Å². The number of carbonyl (C=O) groups excluding carboxylic acids is 1.